The fourth-order valence-corrected chi connectivity index (χ4v) is 12.9. The van der Waals surface area contributed by atoms with Gasteiger partial charge in [-0.3, -0.25) is 4.79 Å². The minimum atomic E-state index is -1.98. The smallest absolute Gasteiger partial charge is 0.220 e. The van der Waals surface area contributed by atoms with Gasteiger partial charge in [-0.2, -0.15) is 0 Å². The highest BCUT2D eigenvalue weighted by molar-refractivity contribution is 5.76. The van der Waals surface area contributed by atoms with Crippen molar-refractivity contribution in [1.29, 1.82) is 0 Å². The van der Waals surface area contributed by atoms with E-state index in [4.69, 9.17) is 28.4 Å². The Bertz CT molecular complexity index is 1970. The van der Waals surface area contributed by atoms with Crippen LogP contribution in [-0.2, 0) is 33.2 Å². The third kappa shape index (κ3) is 38.5. The maximum Gasteiger partial charge on any atom is 0.220 e. The Morgan fingerprint density at radius 1 is 0.385 bits per heavy atom. The van der Waals surface area contributed by atoms with Gasteiger partial charge in [0.05, 0.1) is 38.6 Å². The average molecular weight is 1370 g/mol. The summed E-state index contributed by atoms with van der Waals surface area (Å²) >= 11 is 0. The number of ether oxygens (including phenoxy) is 6. The normalized spacial score (nSPS) is 27.4. The number of aliphatic hydroxyl groups excluding tert-OH is 11. The zero-order chi connectivity index (χ0) is 69.6. The van der Waals surface area contributed by atoms with Crippen LogP contribution in [0, 0.1) is 0 Å². The van der Waals surface area contributed by atoms with Crippen LogP contribution >= 0.6 is 0 Å². The Hall–Kier alpha value is -2.51. The van der Waals surface area contributed by atoms with Gasteiger partial charge >= 0.3 is 0 Å². The van der Waals surface area contributed by atoms with Crippen LogP contribution < -0.4 is 5.32 Å². The molecule has 3 aliphatic rings. The van der Waals surface area contributed by atoms with E-state index in [0.29, 0.717) is 6.42 Å². The van der Waals surface area contributed by atoms with E-state index in [9.17, 15) is 61.0 Å². The highest BCUT2D eigenvalue weighted by atomic mass is 16.8. The fraction of sp³-hybridized carbons (Fsp3) is 0.857. The molecule has 0 aromatic rings. The second-order valence-electron chi connectivity index (χ2n) is 27.4. The summed E-state index contributed by atoms with van der Waals surface area (Å²) < 4.78 is 34.4. The first-order valence-corrected chi connectivity index (χ1v) is 38.5. The molecule has 17 atom stereocenters. The number of carbonyl (C=O) groups excluding carboxylic acids is 1. The van der Waals surface area contributed by atoms with E-state index in [-0.39, 0.29) is 18.9 Å². The van der Waals surface area contributed by atoms with E-state index in [0.717, 1.165) is 70.6 Å². The van der Waals surface area contributed by atoms with E-state index < -0.39 is 124 Å². The first-order chi connectivity index (χ1) is 46.8. The molecule has 3 saturated heterocycles. The first kappa shape index (κ1) is 87.7. The largest absolute Gasteiger partial charge is 0.394 e. The van der Waals surface area contributed by atoms with E-state index in [1.165, 1.54) is 193 Å². The van der Waals surface area contributed by atoms with E-state index in [1.807, 2.05) is 6.08 Å². The molecule has 0 radical (unpaired) electrons. The van der Waals surface area contributed by atoms with Crippen LogP contribution in [0.25, 0.3) is 0 Å². The van der Waals surface area contributed by atoms with Gasteiger partial charge in [0.15, 0.2) is 18.9 Å². The summed E-state index contributed by atoms with van der Waals surface area (Å²) in [5.74, 6) is -0.272. The molecule has 0 aromatic heterocycles. The van der Waals surface area contributed by atoms with Gasteiger partial charge in [0, 0.05) is 6.42 Å². The Kier molecular flexibility index (Phi) is 53.0. The maximum absolute atomic E-state index is 13.5. The monoisotopic (exact) mass is 1370 g/mol. The van der Waals surface area contributed by atoms with E-state index in [2.05, 4.69) is 67.8 Å². The van der Waals surface area contributed by atoms with Crippen LogP contribution in [-0.4, -0.2) is 193 Å². The minimum Gasteiger partial charge on any atom is -0.394 e. The molecule has 3 aliphatic heterocycles. The van der Waals surface area contributed by atoms with Gasteiger partial charge in [-0.25, -0.2) is 0 Å². The maximum atomic E-state index is 13.5. The van der Waals surface area contributed by atoms with Crippen LogP contribution in [0.1, 0.15) is 290 Å². The SMILES string of the molecule is CC/C=C\C/C=C\C/C=C\C/C=C\CCCCCCCCCCCCCCCCCCCCCCC(=O)NC(COC1OC(CO)C(OC2OC(CO)C(OC3OC(CO)C(O)C(O)C3O)C(O)C2O)C(O)C1O)C(O)/C=C/CCCCCCCCCCCCCCCCCC. The molecule has 3 heterocycles. The van der Waals surface area contributed by atoms with Crippen LogP contribution in [0.2, 0.25) is 0 Å². The quantitative estimate of drug-likeness (QED) is 0.0199. The molecule has 3 rings (SSSR count). The summed E-state index contributed by atoms with van der Waals surface area (Å²) in [7, 11) is 0. The number of nitrogens with one attached hydrogen (secondary N) is 1. The summed E-state index contributed by atoms with van der Waals surface area (Å²) in [6.45, 7) is 1.65. The second kappa shape index (κ2) is 58.0. The lowest BCUT2D eigenvalue weighted by atomic mass is 9.96. The number of aliphatic hydroxyl groups is 11. The minimum absolute atomic E-state index is 0.245. The summed E-state index contributed by atoms with van der Waals surface area (Å²) in [6, 6.07) is -0.974. The highest BCUT2D eigenvalue weighted by Crippen LogP contribution is 2.33. The van der Waals surface area contributed by atoms with Crippen LogP contribution in [0.5, 0.6) is 0 Å². The lowest BCUT2D eigenvalue weighted by molar-refractivity contribution is -0.379. The van der Waals surface area contributed by atoms with Gasteiger partial charge in [-0.15, -0.1) is 0 Å². The lowest BCUT2D eigenvalue weighted by Crippen LogP contribution is -2.66. The van der Waals surface area contributed by atoms with Gasteiger partial charge in [0.25, 0.3) is 0 Å². The number of carbonyl (C=O) groups is 1. The number of hydrogen-bond acceptors (Lipinski definition) is 18. The number of allylic oxidation sites excluding steroid dienone is 9. The molecule has 12 N–H and O–H groups in total. The van der Waals surface area contributed by atoms with Crippen molar-refractivity contribution in [3.63, 3.8) is 0 Å². The highest BCUT2D eigenvalue weighted by Gasteiger charge is 2.53. The van der Waals surface area contributed by atoms with E-state index >= 15 is 0 Å². The van der Waals surface area contributed by atoms with Crippen LogP contribution in [0.3, 0.4) is 0 Å². The summed E-state index contributed by atoms with van der Waals surface area (Å²) in [5, 5.41) is 121. The Balaban J connectivity index is 1.36. The molecule has 0 bridgehead atoms. The van der Waals surface area contributed by atoms with Gasteiger partial charge in [0.1, 0.15) is 73.2 Å². The Morgan fingerprint density at radius 3 is 1.12 bits per heavy atom. The lowest BCUT2D eigenvalue weighted by Gasteiger charge is -2.48. The van der Waals surface area contributed by atoms with Crippen molar-refractivity contribution in [3.8, 4) is 0 Å². The Labute approximate surface area is 579 Å². The number of amides is 1. The second-order valence-corrected chi connectivity index (χ2v) is 27.4. The van der Waals surface area contributed by atoms with Crippen molar-refractivity contribution < 1.29 is 89.4 Å². The topological polar surface area (TPSA) is 307 Å². The van der Waals surface area contributed by atoms with Gasteiger partial charge < -0.3 is 89.9 Å². The van der Waals surface area contributed by atoms with Crippen molar-refractivity contribution in [3.05, 3.63) is 60.8 Å². The van der Waals surface area contributed by atoms with Crippen LogP contribution in [0.4, 0.5) is 0 Å². The molecule has 0 aromatic carbocycles. The third-order valence-corrected chi connectivity index (χ3v) is 19.1. The molecular weight excluding hydrogens is 1230 g/mol. The Morgan fingerprint density at radius 2 is 0.719 bits per heavy atom. The molecule has 96 heavy (non-hydrogen) atoms. The number of rotatable bonds is 60. The average Bonchev–Trinajstić information content (AvgIpc) is 0.787. The number of unbranched alkanes of at least 4 members (excludes halogenated alkanes) is 36. The zero-order valence-electron chi connectivity index (χ0n) is 59.6. The molecule has 560 valence electrons. The molecule has 19 nitrogen and oxygen atoms in total. The predicted molar refractivity (Wildman–Crippen MR) is 379 cm³/mol. The van der Waals surface area contributed by atoms with E-state index in [1.54, 1.807) is 6.08 Å². The fourth-order valence-electron chi connectivity index (χ4n) is 12.9. The molecule has 0 saturated carbocycles. The summed E-state index contributed by atoms with van der Waals surface area (Å²) in [6.07, 6.45) is 46.3. The number of hydrogen-bond donors (Lipinski definition) is 12. The standard InChI is InChI=1S/C77H139NO18/c1-3-5-7-9-11-13-15-17-19-21-23-24-25-26-27-28-29-30-31-32-33-34-35-36-37-39-41-43-45-47-49-51-53-55-65(83)78-60(61(82)54-52-50-48-46-44-42-40-38-22-20-18-16-14-12-10-8-6-4-2)59-91-75-71(89)68(86)73(63(57-80)93-75)96-77-72(90)69(87)74(64(58-81)94-77)95-76-70(88)67(85)66(84)62(56-79)92-76/h5,7,11,13,17,19,23-24,52,54,60-64,66-77,79-82,84-90H,3-4,6,8-10,12,14-16,18,20-22,25-51,53,55-59H2,1-2H3,(H,78,83)/b7-5-,13-11-,19-17-,24-23-,54-52+. The van der Waals surface area contributed by atoms with Crippen LogP contribution in [0.15, 0.2) is 60.8 Å². The van der Waals surface area contributed by atoms with Gasteiger partial charge in [-0.05, 0) is 57.8 Å². The van der Waals surface area contributed by atoms with Crippen molar-refractivity contribution in [2.24, 2.45) is 0 Å². The molecule has 19 heteroatoms. The molecule has 0 aliphatic carbocycles. The summed E-state index contributed by atoms with van der Waals surface area (Å²) in [4.78, 5) is 13.5. The predicted octanol–water partition coefficient (Wildman–Crippen LogP) is 11.9. The zero-order valence-corrected chi connectivity index (χ0v) is 59.6. The van der Waals surface area contributed by atoms with Crippen molar-refractivity contribution in [2.45, 2.75) is 394 Å². The molecular formula is C77H139NO18. The molecule has 1 amide bonds. The third-order valence-electron chi connectivity index (χ3n) is 19.1. The van der Waals surface area contributed by atoms with Crippen molar-refractivity contribution in [2.75, 3.05) is 26.4 Å². The van der Waals surface area contributed by atoms with Gasteiger partial charge in [-0.1, -0.05) is 286 Å². The molecule has 0 spiro atoms. The van der Waals surface area contributed by atoms with Gasteiger partial charge in [0.2, 0.25) is 5.91 Å². The van der Waals surface area contributed by atoms with Crippen molar-refractivity contribution >= 4 is 5.91 Å². The summed E-state index contributed by atoms with van der Waals surface area (Å²) in [5.41, 5.74) is 0. The molecule has 17 unspecified atom stereocenters. The van der Waals surface area contributed by atoms with Crippen molar-refractivity contribution in [1.82, 2.24) is 5.32 Å². The molecule has 3 fully saturated rings. The first-order valence-electron chi connectivity index (χ1n) is 38.5.